The lowest BCUT2D eigenvalue weighted by atomic mass is 9.91. The van der Waals surface area contributed by atoms with E-state index < -0.39 is 0 Å². The Balaban J connectivity index is 1.46. The van der Waals surface area contributed by atoms with Crippen molar-refractivity contribution in [2.75, 3.05) is 6.54 Å². The van der Waals surface area contributed by atoms with Gasteiger partial charge in [-0.25, -0.2) is 0 Å². The molecule has 0 amide bonds. The predicted molar refractivity (Wildman–Crippen MR) is 114 cm³/mol. The van der Waals surface area contributed by atoms with Crippen molar-refractivity contribution in [3.05, 3.63) is 94.2 Å². The number of hydrogen-bond acceptors (Lipinski definition) is 4. The molecule has 0 radical (unpaired) electrons. The van der Waals surface area contributed by atoms with Crippen LogP contribution < -0.4 is 5.32 Å². The van der Waals surface area contributed by atoms with Crippen LogP contribution in [-0.4, -0.2) is 24.7 Å². The first kappa shape index (κ1) is 18.9. The van der Waals surface area contributed by atoms with Gasteiger partial charge in [-0.15, -0.1) is 11.3 Å². The van der Waals surface area contributed by atoms with Crippen molar-refractivity contribution >= 4 is 17.3 Å². The van der Waals surface area contributed by atoms with Crippen LogP contribution in [0.1, 0.15) is 34.8 Å². The molecule has 1 saturated heterocycles. The van der Waals surface area contributed by atoms with Crippen molar-refractivity contribution in [3.63, 3.8) is 0 Å². The molecular weight excluding hydrogens is 366 g/mol. The molecule has 1 aliphatic heterocycles. The van der Waals surface area contributed by atoms with E-state index in [0.29, 0.717) is 6.04 Å². The minimum atomic E-state index is -0.381. The molecule has 1 aromatic heterocycles. The van der Waals surface area contributed by atoms with Gasteiger partial charge in [0.1, 0.15) is 12.0 Å². The zero-order valence-electron chi connectivity index (χ0n) is 15.8. The molecule has 0 saturated carbocycles. The van der Waals surface area contributed by atoms with E-state index in [1.165, 1.54) is 4.88 Å². The maximum atomic E-state index is 13.2. The Kier molecular flexibility index (Phi) is 6.20. The third-order valence-electron chi connectivity index (χ3n) is 5.26. The molecule has 1 N–H and O–H groups in total. The maximum absolute atomic E-state index is 13.2. The molecule has 4 heteroatoms. The number of carbonyl (C=O) groups is 1. The maximum Gasteiger partial charge on any atom is 0.318 e. The van der Waals surface area contributed by atoms with Gasteiger partial charge in [-0.05, 0) is 42.0 Å². The number of hydrogen-bond donors (Lipinski definition) is 1. The fraction of sp³-hybridized carbons (Fsp3) is 0.292. The summed E-state index contributed by atoms with van der Waals surface area (Å²) in [6, 6.07) is 24.5. The summed E-state index contributed by atoms with van der Waals surface area (Å²) in [6.07, 6.45) is 2.68. The highest BCUT2D eigenvalue weighted by Crippen LogP contribution is 2.28. The van der Waals surface area contributed by atoms with Gasteiger partial charge in [0.05, 0.1) is 0 Å². The highest BCUT2D eigenvalue weighted by molar-refractivity contribution is 7.09. The lowest BCUT2D eigenvalue weighted by Crippen LogP contribution is -2.43. The first-order valence-corrected chi connectivity index (χ1v) is 10.7. The summed E-state index contributed by atoms with van der Waals surface area (Å²) >= 11 is 1.78. The van der Waals surface area contributed by atoms with Gasteiger partial charge in [-0.3, -0.25) is 4.79 Å². The van der Waals surface area contributed by atoms with Crippen molar-refractivity contribution in [2.24, 2.45) is 0 Å². The number of nitrogens with one attached hydrogen (secondary N) is 1. The molecule has 3 aromatic rings. The molecule has 28 heavy (non-hydrogen) atoms. The molecule has 2 unspecified atom stereocenters. The molecule has 2 atom stereocenters. The van der Waals surface area contributed by atoms with Crippen molar-refractivity contribution in [3.8, 4) is 0 Å². The largest absolute Gasteiger partial charge is 0.462 e. The molecule has 3 nitrogen and oxygen atoms in total. The van der Waals surface area contributed by atoms with Crippen LogP contribution in [0.15, 0.2) is 78.2 Å². The van der Waals surface area contributed by atoms with Crippen LogP contribution in [0.25, 0.3) is 0 Å². The summed E-state index contributed by atoms with van der Waals surface area (Å²) in [6.45, 7) is 0.884. The summed E-state index contributed by atoms with van der Waals surface area (Å²) in [4.78, 5) is 14.6. The van der Waals surface area contributed by atoms with E-state index in [9.17, 15) is 4.79 Å². The lowest BCUT2D eigenvalue weighted by molar-refractivity contribution is -0.151. The number of carbonyl (C=O) groups excluding carboxylic acids is 1. The van der Waals surface area contributed by atoms with Crippen molar-refractivity contribution in [1.82, 2.24) is 5.32 Å². The van der Waals surface area contributed by atoms with E-state index >= 15 is 0 Å². The molecule has 2 heterocycles. The monoisotopic (exact) mass is 391 g/mol. The molecule has 144 valence electrons. The average molecular weight is 392 g/mol. The second kappa shape index (κ2) is 9.18. The number of rotatable bonds is 6. The summed E-state index contributed by atoms with van der Waals surface area (Å²) in [7, 11) is 0. The molecule has 0 spiro atoms. The van der Waals surface area contributed by atoms with Crippen LogP contribution in [0.5, 0.6) is 0 Å². The smallest absolute Gasteiger partial charge is 0.318 e. The van der Waals surface area contributed by atoms with Crippen LogP contribution in [0.3, 0.4) is 0 Å². The second-order valence-electron chi connectivity index (χ2n) is 7.27. The Morgan fingerprint density at radius 1 is 1.00 bits per heavy atom. The molecule has 0 aliphatic carbocycles. The Morgan fingerprint density at radius 3 is 2.29 bits per heavy atom. The van der Waals surface area contributed by atoms with Gasteiger partial charge in [-0.2, -0.15) is 0 Å². The number of piperidine rings is 1. The van der Waals surface area contributed by atoms with E-state index in [4.69, 9.17) is 4.74 Å². The van der Waals surface area contributed by atoms with Gasteiger partial charge < -0.3 is 10.1 Å². The summed E-state index contributed by atoms with van der Waals surface area (Å²) in [5.74, 6) is -0.535. The third-order valence-corrected chi connectivity index (χ3v) is 6.16. The summed E-state index contributed by atoms with van der Waals surface area (Å²) < 4.78 is 6.04. The fourth-order valence-electron chi connectivity index (χ4n) is 3.89. The van der Waals surface area contributed by atoms with Crippen LogP contribution in [0.2, 0.25) is 0 Å². The SMILES string of the molecule is O=C(OC1CCNC(Cc2cccs2)C1)C(c1ccccc1)c1ccccc1. The van der Waals surface area contributed by atoms with Crippen molar-refractivity contribution < 1.29 is 9.53 Å². The van der Waals surface area contributed by atoms with Gasteiger partial charge >= 0.3 is 5.97 Å². The highest BCUT2D eigenvalue weighted by Gasteiger charge is 2.30. The molecule has 1 fully saturated rings. The van der Waals surface area contributed by atoms with Gasteiger partial charge in [-0.1, -0.05) is 66.7 Å². The van der Waals surface area contributed by atoms with Crippen LogP contribution in [-0.2, 0) is 16.0 Å². The predicted octanol–water partition coefficient (Wildman–Crippen LogP) is 4.79. The lowest BCUT2D eigenvalue weighted by Gasteiger charge is -2.31. The van der Waals surface area contributed by atoms with E-state index in [1.54, 1.807) is 11.3 Å². The van der Waals surface area contributed by atoms with E-state index in [-0.39, 0.29) is 18.0 Å². The van der Waals surface area contributed by atoms with E-state index in [2.05, 4.69) is 22.8 Å². The number of ether oxygens (including phenoxy) is 1. The molecule has 1 aliphatic rings. The van der Waals surface area contributed by atoms with Gasteiger partial charge in [0.25, 0.3) is 0 Å². The Hall–Kier alpha value is -2.43. The standard InChI is InChI=1S/C24H25NO2S/c26-24(23(18-8-3-1-4-9-18)19-10-5-2-6-11-19)27-21-13-14-25-20(16-21)17-22-12-7-15-28-22/h1-12,15,20-21,23,25H,13-14,16-17H2. The first-order valence-electron chi connectivity index (χ1n) is 9.86. The number of benzene rings is 2. The molecule has 4 rings (SSSR count). The van der Waals surface area contributed by atoms with Crippen LogP contribution in [0, 0.1) is 0 Å². The highest BCUT2D eigenvalue weighted by atomic mass is 32.1. The zero-order valence-corrected chi connectivity index (χ0v) is 16.6. The van der Waals surface area contributed by atoms with Crippen molar-refractivity contribution in [1.29, 1.82) is 0 Å². The number of thiophene rings is 1. The summed E-state index contributed by atoms with van der Waals surface area (Å²) in [5, 5.41) is 5.68. The normalized spacial score (nSPS) is 19.5. The van der Waals surface area contributed by atoms with Gasteiger partial charge in [0, 0.05) is 17.3 Å². The van der Waals surface area contributed by atoms with Crippen molar-refractivity contribution in [2.45, 2.75) is 37.3 Å². The Labute approximate surface area is 170 Å². The van der Waals surface area contributed by atoms with Crippen LogP contribution in [0.4, 0.5) is 0 Å². The molecule has 0 bridgehead atoms. The second-order valence-corrected chi connectivity index (χ2v) is 8.30. The minimum absolute atomic E-state index is 0.0337. The number of esters is 1. The van der Waals surface area contributed by atoms with Crippen LogP contribution >= 0.6 is 11.3 Å². The first-order chi connectivity index (χ1) is 13.8. The quantitative estimate of drug-likeness (QED) is 0.614. The van der Waals surface area contributed by atoms with E-state index in [1.807, 2.05) is 60.7 Å². The van der Waals surface area contributed by atoms with Gasteiger partial charge in [0.2, 0.25) is 0 Å². The molecule has 2 aromatic carbocycles. The fourth-order valence-corrected chi connectivity index (χ4v) is 4.68. The minimum Gasteiger partial charge on any atom is -0.462 e. The average Bonchev–Trinajstić information content (AvgIpc) is 3.23. The Morgan fingerprint density at radius 2 is 1.68 bits per heavy atom. The summed E-state index contributed by atoms with van der Waals surface area (Å²) in [5.41, 5.74) is 1.95. The Bertz CT molecular complexity index is 825. The third kappa shape index (κ3) is 4.70. The van der Waals surface area contributed by atoms with Gasteiger partial charge in [0.15, 0.2) is 0 Å². The van der Waals surface area contributed by atoms with E-state index in [0.717, 1.165) is 36.9 Å². The topological polar surface area (TPSA) is 38.3 Å². The zero-order chi connectivity index (χ0) is 19.2. The molecular formula is C24H25NO2S.